The lowest BCUT2D eigenvalue weighted by Crippen LogP contribution is -2.48. The SMILES string of the molecule is O=[N+]([O-])c1cccnc1N1CCN(CC2CCCCC2)CC1. The number of piperazine rings is 1. The van der Waals surface area contributed by atoms with Gasteiger partial charge >= 0.3 is 5.69 Å². The molecule has 0 unspecified atom stereocenters. The van der Waals surface area contributed by atoms with Crippen molar-refractivity contribution < 1.29 is 4.92 Å². The minimum Gasteiger partial charge on any atom is -0.348 e. The maximum Gasteiger partial charge on any atom is 0.311 e. The fourth-order valence-electron chi connectivity index (χ4n) is 3.65. The molecule has 2 fully saturated rings. The van der Waals surface area contributed by atoms with Gasteiger partial charge in [-0.05, 0) is 24.8 Å². The lowest BCUT2D eigenvalue weighted by molar-refractivity contribution is -0.384. The molecule has 0 atom stereocenters. The second-order valence-corrected chi connectivity index (χ2v) is 6.39. The van der Waals surface area contributed by atoms with Crippen molar-refractivity contribution in [3.63, 3.8) is 0 Å². The molecule has 0 bridgehead atoms. The van der Waals surface area contributed by atoms with Gasteiger partial charge in [-0.15, -0.1) is 0 Å². The maximum absolute atomic E-state index is 11.1. The van der Waals surface area contributed by atoms with Crippen LogP contribution in [0.25, 0.3) is 0 Å². The van der Waals surface area contributed by atoms with Gasteiger partial charge in [-0.1, -0.05) is 19.3 Å². The molecule has 6 heteroatoms. The molecule has 2 heterocycles. The molecule has 1 aliphatic carbocycles. The molecule has 1 aromatic heterocycles. The third-order valence-electron chi connectivity index (χ3n) is 4.88. The van der Waals surface area contributed by atoms with E-state index in [1.165, 1.54) is 44.7 Å². The van der Waals surface area contributed by atoms with Crippen molar-refractivity contribution in [3.8, 4) is 0 Å². The average molecular weight is 304 g/mol. The highest BCUT2D eigenvalue weighted by Crippen LogP contribution is 2.27. The van der Waals surface area contributed by atoms with Gasteiger partial charge in [0, 0.05) is 45.0 Å². The number of aromatic nitrogens is 1. The first-order valence-corrected chi connectivity index (χ1v) is 8.31. The Morgan fingerprint density at radius 3 is 2.59 bits per heavy atom. The first-order chi connectivity index (χ1) is 10.7. The Morgan fingerprint density at radius 2 is 1.91 bits per heavy atom. The maximum atomic E-state index is 11.1. The van der Waals surface area contributed by atoms with Gasteiger partial charge in [-0.2, -0.15) is 0 Å². The molecule has 0 spiro atoms. The van der Waals surface area contributed by atoms with Crippen molar-refractivity contribution in [1.29, 1.82) is 0 Å². The van der Waals surface area contributed by atoms with Gasteiger partial charge in [-0.3, -0.25) is 15.0 Å². The van der Waals surface area contributed by atoms with E-state index in [1.54, 1.807) is 12.3 Å². The normalized spacial score (nSPS) is 21.0. The minimum atomic E-state index is -0.337. The number of rotatable bonds is 4. The first-order valence-electron chi connectivity index (χ1n) is 8.31. The van der Waals surface area contributed by atoms with Gasteiger partial charge < -0.3 is 4.90 Å². The lowest BCUT2D eigenvalue weighted by Gasteiger charge is -2.37. The summed E-state index contributed by atoms with van der Waals surface area (Å²) in [6.45, 7) is 4.79. The van der Waals surface area contributed by atoms with Crippen molar-refractivity contribution in [2.75, 3.05) is 37.6 Å². The van der Waals surface area contributed by atoms with Crippen molar-refractivity contribution >= 4 is 11.5 Å². The monoisotopic (exact) mass is 304 g/mol. The molecule has 1 aliphatic heterocycles. The van der Waals surface area contributed by atoms with E-state index >= 15 is 0 Å². The Bertz CT molecular complexity index is 509. The molecular weight excluding hydrogens is 280 g/mol. The van der Waals surface area contributed by atoms with Crippen LogP contribution in [-0.2, 0) is 0 Å². The molecule has 0 N–H and O–H groups in total. The fourth-order valence-corrected chi connectivity index (χ4v) is 3.65. The van der Waals surface area contributed by atoms with Crippen LogP contribution in [-0.4, -0.2) is 47.5 Å². The number of nitrogens with zero attached hydrogens (tertiary/aromatic N) is 4. The van der Waals surface area contributed by atoms with Gasteiger partial charge in [0.1, 0.15) is 0 Å². The molecule has 1 saturated heterocycles. The highest BCUT2D eigenvalue weighted by atomic mass is 16.6. The highest BCUT2D eigenvalue weighted by Gasteiger charge is 2.26. The summed E-state index contributed by atoms with van der Waals surface area (Å²) in [6, 6.07) is 3.16. The molecule has 0 radical (unpaired) electrons. The number of hydrogen-bond acceptors (Lipinski definition) is 5. The summed E-state index contributed by atoms with van der Waals surface area (Å²) in [5.74, 6) is 1.37. The summed E-state index contributed by atoms with van der Waals surface area (Å²) >= 11 is 0. The summed E-state index contributed by atoms with van der Waals surface area (Å²) in [5.41, 5.74) is 0.114. The van der Waals surface area contributed by atoms with E-state index < -0.39 is 0 Å². The molecule has 22 heavy (non-hydrogen) atoms. The Morgan fingerprint density at radius 1 is 1.18 bits per heavy atom. The summed E-state index contributed by atoms with van der Waals surface area (Å²) in [5, 5.41) is 11.1. The molecule has 120 valence electrons. The average Bonchev–Trinajstić information content (AvgIpc) is 2.56. The van der Waals surface area contributed by atoms with Gasteiger partial charge in [0.25, 0.3) is 0 Å². The van der Waals surface area contributed by atoms with E-state index in [9.17, 15) is 10.1 Å². The molecule has 6 nitrogen and oxygen atoms in total. The van der Waals surface area contributed by atoms with E-state index in [1.807, 2.05) is 0 Å². The summed E-state index contributed by atoms with van der Waals surface area (Å²) in [6.07, 6.45) is 8.53. The zero-order chi connectivity index (χ0) is 15.4. The number of nitro groups is 1. The van der Waals surface area contributed by atoms with Gasteiger partial charge in [0.2, 0.25) is 5.82 Å². The third-order valence-corrected chi connectivity index (χ3v) is 4.88. The Hall–Kier alpha value is -1.69. The smallest absolute Gasteiger partial charge is 0.311 e. The van der Waals surface area contributed by atoms with Crippen LogP contribution in [0, 0.1) is 16.0 Å². The van der Waals surface area contributed by atoms with Crippen LogP contribution in [0.15, 0.2) is 18.3 Å². The van der Waals surface area contributed by atoms with Crippen LogP contribution >= 0.6 is 0 Å². The van der Waals surface area contributed by atoms with Crippen LogP contribution in [0.2, 0.25) is 0 Å². The molecule has 0 aromatic carbocycles. The van der Waals surface area contributed by atoms with E-state index in [-0.39, 0.29) is 10.6 Å². The first kappa shape index (κ1) is 15.2. The van der Waals surface area contributed by atoms with E-state index in [0.717, 1.165) is 32.1 Å². The second-order valence-electron chi connectivity index (χ2n) is 6.39. The molecule has 1 saturated carbocycles. The van der Waals surface area contributed by atoms with Crippen molar-refractivity contribution in [1.82, 2.24) is 9.88 Å². The molecule has 1 aromatic rings. The summed E-state index contributed by atoms with van der Waals surface area (Å²) in [4.78, 5) is 19.6. The van der Waals surface area contributed by atoms with Crippen LogP contribution < -0.4 is 4.90 Å². The van der Waals surface area contributed by atoms with E-state index in [4.69, 9.17) is 0 Å². The Kier molecular flexibility index (Phi) is 4.87. The van der Waals surface area contributed by atoms with Crippen molar-refractivity contribution in [3.05, 3.63) is 28.4 Å². The van der Waals surface area contributed by atoms with Gasteiger partial charge in [0.05, 0.1) is 4.92 Å². The molecule has 2 aliphatic rings. The Labute approximate surface area is 131 Å². The molecule has 0 amide bonds. The minimum absolute atomic E-state index is 0.114. The lowest BCUT2D eigenvalue weighted by atomic mass is 9.89. The topological polar surface area (TPSA) is 62.5 Å². The van der Waals surface area contributed by atoms with Crippen LogP contribution in [0.5, 0.6) is 0 Å². The Balaban J connectivity index is 1.56. The quantitative estimate of drug-likeness (QED) is 0.632. The fraction of sp³-hybridized carbons (Fsp3) is 0.688. The number of hydrogen-bond donors (Lipinski definition) is 0. The van der Waals surface area contributed by atoms with E-state index in [0.29, 0.717) is 5.82 Å². The number of pyridine rings is 1. The van der Waals surface area contributed by atoms with E-state index in [2.05, 4.69) is 14.8 Å². The third kappa shape index (κ3) is 3.55. The molecule has 3 rings (SSSR count). The van der Waals surface area contributed by atoms with Gasteiger partial charge in [-0.25, -0.2) is 4.98 Å². The summed E-state index contributed by atoms with van der Waals surface area (Å²) < 4.78 is 0. The predicted octanol–water partition coefficient (Wildman–Crippen LogP) is 2.69. The second kappa shape index (κ2) is 7.05. The summed E-state index contributed by atoms with van der Waals surface area (Å²) in [7, 11) is 0. The van der Waals surface area contributed by atoms with Gasteiger partial charge in [0.15, 0.2) is 0 Å². The van der Waals surface area contributed by atoms with Crippen molar-refractivity contribution in [2.45, 2.75) is 32.1 Å². The standard InChI is InChI=1S/C16H24N4O2/c21-20(22)15-7-4-8-17-16(15)19-11-9-18(10-12-19)13-14-5-2-1-3-6-14/h4,7-8,14H,1-3,5-6,9-13H2. The zero-order valence-electron chi connectivity index (χ0n) is 13.0. The predicted molar refractivity (Wildman–Crippen MR) is 86.1 cm³/mol. The number of anilines is 1. The van der Waals surface area contributed by atoms with Crippen molar-refractivity contribution in [2.24, 2.45) is 5.92 Å². The van der Waals surface area contributed by atoms with Crippen LogP contribution in [0.3, 0.4) is 0 Å². The van der Waals surface area contributed by atoms with Crippen LogP contribution in [0.4, 0.5) is 11.5 Å². The zero-order valence-corrected chi connectivity index (χ0v) is 13.0. The largest absolute Gasteiger partial charge is 0.348 e. The van der Waals surface area contributed by atoms with Crippen LogP contribution in [0.1, 0.15) is 32.1 Å². The molecular formula is C16H24N4O2. The highest BCUT2D eigenvalue weighted by molar-refractivity contribution is 5.57.